The monoisotopic (exact) mass is 453 g/mol. The van der Waals surface area contributed by atoms with Crippen molar-refractivity contribution in [2.75, 3.05) is 18.0 Å². The highest BCUT2D eigenvalue weighted by Crippen LogP contribution is 2.39. The molecule has 0 aromatic heterocycles. The summed E-state index contributed by atoms with van der Waals surface area (Å²) >= 11 is 0. The molecule has 31 heavy (non-hydrogen) atoms. The van der Waals surface area contributed by atoms with Gasteiger partial charge in [-0.15, -0.1) is 0 Å². The van der Waals surface area contributed by atoms with Gasteiger partial charge in [0.15, 0.2) is 17.5 Å². The lowest BCUT2D eigenvalue weighted by molar-refractivity contribution is -0.142. The highest BCUT2D eigenvalue weighted by Gasteiger charge is 2.41. The summed E-state index contributed by atoms with van der Waals surface area (Å²) in [7, 11) is 0. The third-order valence-electron chi connectivity index (χ3n) is 5.95. The largest absolute Gasteiger partial charge is 0.422 e. The van der Waals surface area contributed by atoms with Crippen LogP contribution in [0.5, 0.6) is 0 Å². The van der Waals surface area contributed by atoms with Crippen LogP contribution >= 0.6 is 0 Å². The van der Waals surface area contributed by atoms with Crippen LogP contribution in [0.4, 0.5) is 32.0 Å². The Morgan fingerprint density at radius 2 is 1.35 bits per heavy atom. The van der Waals surface area contributed by atoms with Crippen LogP contribution in [-0.2, 0) is 6.18 Å². The molecule has 0 bridgehead atoms. The first-order valence-corrected chi connectivity index (χ1v) is 11.5. The Kier molecular flexibility index (Phi) is 11.2. The zero-order valence-corrected chi connectivity index (χ0v) is 19.4. The summed E-state index contributed by atoms with van der Waals surface area (Å²) in [6.07, 6.45) is 1.45. The van der Waals surface area contributed by atoms with Crippen molar-refractivity contribution in [1.82, 2.24) is 0 Å². The quantitative estimate of drug-likeness (QED) is 0.213. The molecule has 3 atom stereocenters. The molecule has 1 aromatic carbocycles. The van der Waals surface area contributed by atoms with Gasteiger partial charge < -0.3 is 4.90 Å². The molecule has 1 aromatic rings. The minimum atomic E-state index is -5.31. The molecule has 0 fully saturated rings. The molecule has 7 heteroatoms. The zero-order chi connectivity index (χ0) is 23.8. The van der Waals surface area contributed by atoms with Crippen LogP contribution in [0.25, 0.3) is 0 Å². The summed E-state index contributed by atoms with van der Waals surface area (Å²) in [5.74, 6) is -4.88. The summed E-state index contributed by atoms with van der Waals surface area (Å²) in [5.41, 5.74) is -2.67. The second-order valence-electron chi connectivity index (χ2n) is 8.92. The third-order valence-corrected chi connectivity index (χ3v) is 5.95. The van der Waals surface area contributed by atoms with Gasteiger partial charge in [0.05, 0.1) is 5.69 Å². The normalized spacial score (nSPS) is 15.1. The number of hydrogen-bond acceptors (Lipinski definition) is 1. The average molecular weight is 454 g/mol. The van der Waals surface area contributed by atoms with Crippen LogP contribution in [0.1, 0.15) is 85.1 Å². The molecular formula is C24H37F6N. The topological polar surface area (TPSA) is 3.24 Å². The molecule has 1 nitrogen and oxygen atoms in total. The van der Waals surface area contributed by atoms with E-state index in [-0.39, 0.29) is 24.9 Å². The summed E-state index contributed by atoms with van der Waals surface area (Å²) in [5, 5.41) is 0. The van der Waals surface area contributed by atoms with Crippen molar-refractivity contribution < 1.29 is 26.3 Å². The fourth-order valence-corrected chi connectivity index (χ4v) is 4.25. The lowest BCUT2D eigenvalue weighted by Gasteiger charge is -2.32. The minimum Gasteiger partial charge on any atom is -0.369 e. The molecule has 0 spiro atoms. The number of nitrogens with zero attached hydrogens (tertiary/aromatic N) is 1. The van der Waals surface area contributed by atoms with Crippen LogP contribution in [0.3, 0.4) is 0 Å². The van der Waals surface area contributed by atoms with Crippen LogP contribution in [0, 0.1) is 35.2 Å². The van der Waals surface area contributed by atoms with E-state index in [4.69, 9.17) is 0 Å². The van der Waals surface area contributed by atoms with Crippen molar-refractivity contribution in [3.05, 3.63) is 29.1 Å². The molecule has 0 aliphatic rings. The van der Waals surface area contributed by atoms with Gasteiger partial charge in [0.1, 0.15) is 5.56 Å². The predicted molar refractivity (Wildman–Crippen MR) is 115 cm³/mol. The SMILES string of the molecule is CCCC(C)CN(CC(C)CCC(CC)CCC)c1cc(F)c(F)c(C(F)(F)F)c1F. The number of halogens is 6. The molecule has 1 rings (SSSR count). The van der Waals surface area contributed by atoms with Crippen LogP contribution < -0.4 is 4.90 Å². The van der Waals surface area contributed by atoms with Crippen molar-refractivity contribution in [1.29, 1.82) is 0 Å². The predicted octanol–water partition coefficient (Wildman–Crippen LogP) is 8.61. The third kappa shape index (κ3) is 8.23. The summed E-state index contributed by atoms with van der Waals surface area (Å²) in [4.78, 5) is 1.47. The Bertz CT molecular complexity index is 673. The molecule has 180 valence electrons. The highest BCUT2D eigenvalue weighted by atomic mass is 19.4. The number of rotatable bonds is 13. The Labute approximate surface area is 183 Å². The molecule has 0 aliphatic carbocycles. The summed E-state index contributed by atoms with van der Waals surface area (Å²) < 4.78 is 82.4. The van der Waals surface area contributed by atoms with E-state index >= 15 is 0 Å². The van der Waals surface area contributed by atoms with Crippen LogP contribution in [0.15, 0.2) is 6.07 Å². The van der Waals surface area contributed by atoms with E-state index in [0.29, 0.717) is 12.0 Å². The summed E-state index contributed by atoms with van der Waals surface area (Å²) in [6.45, 7) is 10.7. The Balaban J connectivity index is 3.21. The molecule has 0 heterocycles. The van der Waals surface area contributed by atoms with Gasteiger partial charge in [-0.2, -0.15) is 13.2 Å². The fourth-order valence-electron chi connectivity index (χ4n) is 4.25. The first kappa shape index (κ1) is 27.6. The molecule has 0 radical (unpaired) electrons. The van der Waals surface area contributed by atoms with Gasteiger partial charge in [-0.25, -0.2) is 13.2 Å². The molecule has 3 unspecified atom stereocenters. The molecule has 0 saturated heterocycles. The van der Waals surface area contributed by atoms with Crippen molar-refractivity contribution in [2.45, 2.75) is 85.7 Å². The molecule has 0 amide bonds. The van der Waals surface area contributed by atoms with E-state index in [0.717, 1.165) is 44.9 Å². The van der Waals surface area contributed by atoms with Crippen molar-refractivity contribution in [2.24, 2.45) is 17.8 Å². The van der Waals surface area contributed by atoms with Gasteiger partial charge in [-0.3, -0.25) is 0 Å². The van der Waals surface area contributed by atoms with Gasteiger partial charge >= 0.3 is 6.18 Å². The Morgan fingerprint density at radius 1 is 0.806 bits per heavy atom. The maximum Gasteiger partial charge on any atom is 0.422 e. The first-order chi connectivity index (χ1) is 14.5. The van der Waals surface area contributed by atoms with Gasteiger partial charge in [0, 0.05) is 19.2 Å². The molecule has 0 N–H and O–H groups in total. The smallest absolute Gasteiger partial charge is 0.369 e. The van der Waals surface area contributed by atoms with Gasteiger partial charge in [-0.1, -0.05) is 66.7 Å². The Hall–Kier alpha value is -1.40. The van der Waals surface area contributed by atoms with Gasteiger partial charge in [-0.05, 0) is 30.6 Å². The van der Waals surface area contributed by atoms with E-state index in [2.05, 4.69) is 13.8 Å². The first-order valence-electron chi connectivity index (χ1n) is 11.5. The van der Waals surface area contributed by atoms with Crippen molar-refractivity contribution in [3.63, 3.8) is 0 Å². The second kappa shape index (κ2) is 12.6. The number of benzene rings is 1. The number of anilines is 1. The minimum absolute atomic E-state index is 0.0709. The van der Waals surface area contributed by atoms with E-state index in [9.17, 15) is 26.3 Å². The van der Waals surface area contributed by atoms with Crippen molar-refractivity contribution >= 4 is 5.69 Å². The second-order valence-corrected chi connectivity index (χ2v) is 8.92. The average Bonchev–Trinajstić information content (AvgIpc) is 2.66. The molecule has 0 saturated carbocycles. The lowest BCUT2D eigenvalue weighted by Crippen LogP contribution is -2.34. The molecular weight excluding hydrogens is 416 g/mol. The number of hydrogen-bond donors (Lipinski definition) is 0. The van der Waals surface area contributed by atoms with E-state index < -0.39 is 34.9 Å². The van der Waals surface area contributed by atoms with E-state index in [1.807, 2.05) is 20.8 Å². The standard InChI is InChI=1S/C24H37F6N/c1-6-9-16(4)14-31(15-17(5)11-12-18(8-3)10-7-2)20-13-19(25)22(26)21(23(20)27)24(28,29)30/h13,16-18H,6-12,14-15H2,1-5H3. The van der Waals surface area contributed by atoms with Crippen molar-refractivity contribution in [3.8, 4) is 0 Å². The lowest BCUT2D eigenvalue weighted by atomic mass is 9.91. The Morgan fingerprint density at radius 3 is 1.84 bits per heavy atom. The number of alkyl halides is 3. The van der Waals surface area contributed by atoms with Crippen LogP contribution in [-0.4, -0.2) is 13.1 Å². The van der Waals surface area contributed by atoms with Gasteiger partial charge in [0.25, 0.3) is 0 Å². The molecule has 0 aliphatic heterocycles. The maximum absolute atomic E-state index is 14.8. The summed E-state index contributed by atoms with van der Waals surface area (Å²) in [6, 6.07) is 0.567. The van der Waals surface area contributed by atoms with E-state index in [1.54, 1.807) is 0 Å². The van der Waals surface area contributed by atoms with Crippen LogP contribution in [0.2, 0.25) is 0 Å². The highest BCUT2D eigenvalue weighted by molar-refractivity contribution is 5.52. The van der Waals surface area contributed by atoms with Gasteiger partial charge in [0.2, 0.25) is 0 Å². The zero-order valence-electron chi connectivity index (χ0n) is 19.4. The maximum atomic E-state index is 14.8. The van der Waals surface area contributed by atoms with E-state index in [1.165, 1.54) is 4.90 Å². The fraction of sp³-hybridized carbons (Fsp3) is 0.750.